The molecule has 0 radical (unpaired) electrons. The van der Waals surface area contributed by atoms with Gasteiger partial charge in [0.2, 0.25) is 0 Å². The highest BCUT2D eigenvalue weighted by Crippen LogP contribution is 2.14. The van der Waals surface area contributed by atoms with Crippen molar-refractivity contribution in [1.29, 1.82) is 0 Å². The average Bonchev–Trinajstić information content (AvgIpc) is 2.22. The Bertz CT molecular complexity index is 168. The molecular weight excluding hydrogens is 264 g/mol. The maximum absolute atomic E-state index is 5.60. The van der Waals surface area contributed by atoms with Gasteiger partial charge >= 0.3 is 0 Å². The number of alkyl halides is 1. The summed E-state index contributed by atoms with van der Waals surface area (Å²) in [6.45, 7) is 10.2. The molecule has 0 bridgehead atoms. The quantitative estimate of drug-likeness (QED) is 0.297. The Morgan fingerprint density at radius 3 is 2.56 bits per heavy atom. The van der Waals surface area contributed by atoms with E-state index in [1.54, 1.807) is 0 Å². The highest BCUT2D eigenvalue weighted by molar-refractivity contribution is 9.09. The molecule has 96 valence electrons. The average molecular weight is 291 g/mol. The van der Waals surface area contributed by atoms with E-state index >= 15 is 0 Å². The molecule has 0 rings (SSSR count). The first-order chi connectivity index (χ1) is 7.66. The van der Waals surface area contributed by atoms with Gasteiger partial charge in [-0.2, -0.15) is 0 Å². The highest BCUT2D eigenvalue weighted by Gasteiger charge is 2.01. The molecule has 0 aliphatic rings. The van der Waals surface area contributed by atoms with E-state index in [9.17, 15) is 0 Å². The van der Waals surface area contributed by atoms with Crippen molar-refractivity contribution in [2.24, 2.45) is 5.92 Å². The standard InChI is InChI=1S/C14H27BrO/c1-13(2)7-6-8-14(3)9-12-16-11-5-4-10-15/h14H,1,4-12H2,2-3H3. The SMILES string of the molecule is C=C(C)CCCC(C)CCOCCCCBr. The zero-order valence-corrected chi connectivity index (χ0v) is 12.5. The molecule has 0 saturated heterocycles. The minimum atomic E-state index is 0.788. The minimum Gasteiger partial charge on any atom is -0.381 e. The molecule has 0 N–H and O–H groups in total. The van der Waals surface area contributed by atoms with Gasteiger partial charge in [0.15, 0.2) is 0 Å². The van der Waals surface area contributed by atoms with Crippen molar-refractivity contribution < 1.29 is 4.74 Å². The lowest BCUT2D eigenvalue weighted by atomic mass is 9.99. The summed E-state index contributed by atoms with van der Waals surface area (Å²) in [7, 11) is 0. The van der Waals surface area contributed by atoms with Crippen molar-refractivity contribution >= 4 is 15.9 Å². The molecule has 0 saturated carbocycles. The second-order valence-electron chi connectivity index (χ2n) is 4.75. The molecule has 0 heterocycles. The largest absolute Gasteiger partial charge is 0.381 e. The summed E-state index contributed by atoms with van der Waals surface area (Å²) in [6.07, 6.45) is 7.35. The molecule has 0 aromatic heterocycles. The van der Waals surface area contributed by atoms with Crippen LogP contribution in [0.15, 0.2) is 12.2 Å². The Labute approximate surface area is 110 Å². The molecular formula is C14H27BrO. The first kappa shape index (κ1) is 16.2. The first-order valence-electron chi connectivity index (χ1n) is 6.45. The fourth-order valence-corrected chi connectivity index (χ4v) is 1.98. The minimum absolute atomic E-state index is 0.788. The van der Waals surface area contributed by atoms with Crippen molar-refractivity contribution in [3.63, 3.8) is 0 Å². The van der Waals surface area contributed by atoms with Crippen molar-refractivity contribution in [1.82, 2.24) is 0 Å². The number of unbranched alkanes of at least 4 members (excludes halogenated alkanes) is 1. The predicted octanol–water partition coefficient (Wildman–Crippen LogP) is 4.95. The highest BCUT2D eigenvalue weighted by atomic mass is 79.9. The van der Waals surface area contributed by atoms with Crippen molar-refractivity contribution in [3.05, 3.63) is 12.2 Å². The monoisotopic (exact) mass is 290 g/mol. The summed E-state index contributed by atoms with van der Waals surface area (Å²) in [5, 5.41) is 1.09. The number of hydrogen-bond acceptors (Lipinski definition) is 1. The Morgan fingerprint density at radius 1 is 1.19 bits per heavy atom. The summed E-state index contributed by atoms with van der Waals surface area (Å²) < 4.78 is 5.60. The van der Waals surface area contributed by atoms with Crippen LogP contribution in [0.3, 0.4) is 0 Å². The zero-order valence-electron chi connectivity index (χ0n) is 10.9. The third kappa shape index (κ3) is 12.3. The van der Waals surface area contributed by atoms with Crippen LogP contribution in [0.5, 0.6) is 0 Å². The number of allylic oxidation sites excluding steroid dienone is 1. The van der Waals surface area contributed by atoms with Crippen LogP contribution >= 0.6 is 15.9 Å². The summed E-state index contributed by atoms with van der Waals surface area (Å²) in [5.74, 6) is 0.788. The van der Waals surface area contributed by atoms with Crippen LogP contribution in [0.1, 0.15) is 52.4 Å². The number of rotatable bonds is 11. The molecule has 0 aliphatic heterocycles. The van der Waals surface area contributed by atoms with Gasteiger partial charge in [-0.3, -0.25) is 0 Å². The lowest BCUT2D eigenvalue weighted by molar-refractivity contribution is 0.118. The summed E-state index contributed by atoms with van der Waals surface area (Å²) >= 11 is 3.42. The second kappa shape index (κ2) is 11.7. The Kier molecular flexibility index (Phi) is 11.8. The van der Waals surface area contributed by atoms with E-state index in [4.69, 9.17) is 4.74 Å². The van der Waals surface area contributed by atoms with Gasteiger partial charge in [0.05, 0.1) is 0 Å². The Hall–Kier alpha value is 0.180. The van der Waals surface area contributed by atoms with Crippen LogP contribution in [0.4, 0.5) is 0 Å². The fraction of sp³-hybridized carbons (Fsp3) is 0.857. The lowest BCUT2D eigenvalue weighted by Gasteiger charge is -2.11. The van der Waals surface area contributed by atoms with Crippen LogP contribution in [-0.4, -0.2) is 18.5 Å². The maximum atomic E-state index is 5.60. The topological polar surface area (TPSA) is 9.23 Å². The van der Waals surface area contributed by atoms with Gasteiger partial charge in [0, 0.05) is 18.5 Å². The molecule has 1 nitrogen and oxygen atoms in total. The summed E-state index contributed by atoms with van der Waals surface area (Å²) in [4.78, 5) is 0. The van der Waals surface area contributed by atoms with Gasteiger partial charge in [-0.25, -0.2) is 0 Å². The third-order valence-electron chi connectivity index (χ3n) is 2.73. The van der Waals surface area contributed by atoms with Crippen molar-refractivity contribution in [2.45, 2.75) is 52.4 Å². The van der Waals surface area contributed by atoms with Crippen LogP contribution in [0.2, 0.25) is 0 Å². The van der Waals surface area contributed by atoms with Crippen LogP contribution in [0, 0.1) is 5.92 Å². The zero-order chi connectivity index (χ0) is 12.2. The molecule has 2 heteroatoms. The van der Waals surface area contributed by atoms with E-state index < -0.39 is 0 Å². The molecule has 0 aromatic carbocycles. The molecule has 0 amide bonds. The van der Waals surface area contributed by atoms with E-state index in [1.165, 1.54) is 44.1 Å². The van der Waals surface area contributed by atoms with E-state index in [-0.39, 0.29) is 0 Å². The molecule has 1 atom stereocenters. The number of ether oxygens (including phenoxy) is 1. The van der Waals surface area contributed by atoms with E-state index in [0.29, 0.717) is 0 Å². The Balaban J connectivity index is 3.17. The van der Waals surface area contributed by atoms with Crippen molar-refractivity contribution in [2.75, 3.05) is 18.5 Å². The third-order valence-corrected chi connectivity index (χ3v) is 3.29. The van der Waals surface area contributed by atoms with Crippen LogP contribution < -0.4 is 0 Å². The van der Waals surface area contributed by atoms with Gasteiger partial charge in [0.25, 0.3) is 0 Å². The van der Waals surface area contributed by atoms with Gasteiger partial charge < -0.3 is 4.74 Å². The fourth-order valence-electron chi connectivity index (χ4n) is 1.58. The van der Waals surface area contributed by atoms with Crippen LogP contribution in [-0.2, 0) is 4.74 Å². The van der Waals surface area contributed by atoms with Gasteiger partial charge in [-0.15, -0.1) is 6.58 Å². The van der Waals surface area contributed by atoms with Crippen molar-refractivity contribution in [3.8, 4) is 0 Å². The van der Waals surface area contributed by atoms with E-state index in [2.05, 4.69) is 36.4 Å². The summed E-state index contributed by atoms with van der Waals surface area (Å²) in [6, 6.07) is 0. The van der Waals surface area contributed by atoms with E-state index in [1.807, 2.05) is 0 Å². The van der Waals surface area contributed by atoms with Crippen LogP contribution in [0.25, 0.3) is 0 Å². The second-order valence-corrected chi connectivity index (χ2v) is 5.54. The maximum Gasteiger partial charge on any atom is 0.0468 e. The molecule has 0 spiro atoms. The van der Waals surface area contributed by atoms with Gasteiger partial charge in [-0.1, -0.05) is 34.8 Å². The lowest BCUT2D eigenvalue weighted by Crippen LogP contribution is -2.03. The van der Waals surface area contributed by atoms with Gasteiger partial charge in [-0.05, 0) is 44.9 Å². The number of hydrogen-bond donors (Lipinski definition) is 0. The summed E-state index contributed by atoms with van der Waals surface area (Å²) in [5.41, 5.74) is 1.30. The smallest absolute Gasteiger partial charge is 0.0468 e. The molecule has 0 aromatic rings. The molecule has 16 heavy (non-hydrogen) atoms. The Morgan fingerprint density at radius 2 is 1.94 bits per heavy atom. The van der Waals surface area contributed by atoms with Gasteiger partial charge in [0.1, 0.15) is 0 Å². The molecule has 0 fully saturated rings. The number of halogens is 1. The normalized spacial score (nSPS) is 12.7. The van der Waals surface area contributed by atoms with E-state index in [0.717, 1.165) is 24.5 Å². The molecule has 1 unspecified atom stereocenters. The molecule has 0 aliphatic carbocycles. The predicted molar refractivity (Wildman–Crippen MR) is 76.3 cm³/mol. The first-order valence-corrected chi connectivity index (χ1v) is 7.57.